The summed E-state index contributed by atoms with van der Waals surface area (Å²) in [5, 5.41) is 3.08. The molecule has 4 heteroatoms. The molecular weight excluding hydrogens is 234 g/mol. The van der Waals surface area contributed by atoms with E-state index in [1.54, 1.807) is 11.3 Å². The van der Waals surface area contributed by atoms with Crippen LogP contribution in [0.25, 0.3) is 10.6 Å². The van der Waals surface area contributed by atoms with Crippen LogP contribution in [0.2, 0.25) is 0 Å². The normalized spacial score (nSPS) is 14.4. The smallest absolute Gasteiger partial charge is 0.161 e. The lowest BCUT2D eigenvalue weighted by Crippen LogP contribution is -1.97. The summed E-state index contributed by atoms with van der Waals surface area (Å²) in [6.07, 6.45) is 0.931. The average molecular weight is 247 g/mol. The highest BCUT2D eigenvalue weighted by Gasteiger charge is 2.12. The van der Waals surface area contributed by atoms with Gasteiger partial charge in [0, 0.05) is 23.1 Å². The van der Waals surface area contributed by atoms with Crippen molar-refractivity contribution in [2.75, 3.05) is 13.2 Å². The highest BCUT2D eigenvalue weighted by molar-refractivity contribution is 7.13. The second kappa shape index (κ2) is 4.37. The van der Waals surface area contributed by atoms with Crippen molar-refractivity contribution in [3.05, 3.63) is 29.3 Å². The Kier molecular flexibility index (Phi) is 2.73. The van der Waals surface area contributed by atoms with E-state index in [2.05, 4.69) is 10.4 Å². The molecule has 0 bridgehead atoms. The van der Waals surface area contributed by atoms with E-state index < -0.39 is 0 Å². The molecule has 17 heavy (non-hydrogen) atoms. The third-order valence-corrected chi connectivity index (χ3v) is 3.62. The molecule has 2 heterocycles. The van der Waals surface area contributed by atoms with Crippen LogP contribution in [0.4, 0.5) is 0 Å². The second-order valence-electron chi connectivity index (χ2n) is 4.01. The molecule has 0 radical (unpaired) electrons. The van der Waals surface area contributed by atoms with Gasteiger partial charge in [-0.3, -0.25) is 0 Å². The summed E-state index contributed by atoms with van der Waals surface area (Å²) in [6, 6.07) is 6.01. The predicted octanol–water partition coefficient (Wildman–Crippen LogP) is 3.28. The van der Waals surface area contributed by atoms with Crippen molar-refractivity contribution >= 4 is 11.3 Å². The number of fused-ring (bicyclic) bond motifs is 1. The summed E-state index contributed by atoms with van der Waals surface area (Å²) in [7, 11) is 0. The van der Waals surface area contributed by atoms with Gasteiger partial charge in [-0.15, -0.1) is 11.3 Å². The first-order valence-electron chi connectivity index (χ1n) is 5.65. The van der Waals surface area contributed by atoms with Crippen LogP contribution < -0.4 is 9.47 Å². The molecule has 0 spiro atoms. The van der Waals surface area contributed by atoms with E-state index in [0.717, 1.165) is 40.8 Å². The second-order valence-corrected chi connectivity index (χ2v) is 4.86. The third-order valence-electron chi connectivity index (χ3n) is 2.61. The quantitative estimate of drug-likeness (QED) is 0.775. The number of ether oxygens (including phenoxy) is 2. The topological polar surface area (TPSA) is 31.4 Å². The zero-order valence-electron chi connectivity index (χ0n) is 9.60. The summed E-state index contributed by atoms with van der Waals surface area (Å²) >= 11 is 1.65. The maximum absolute atomic E-state index is 5.67. The Hall–Kier alpha value is -1.55. The van der Waals surface area contributed by atoms with Gasteiger partial charge in [-0.1, -0.05) is 0 Å². The fourth-order valence-corrected chi connectivity index (χ4v) is 2.58. The van der Waals surface area contributed by atoms with Crippen molar-refractivity contribution in [2.24, 2.45) is 0 Å². The maximum Gasteiger partial charge on any atom is 0.161 e. The first-order valence-corrected chi connectivity index (χ1v) is 6.53. The van der Waals surface area contributed by atoms with E-state index >= 15 is 0 Å². The summed E-state index contributed by atoms with van der Waals surface area (Å²) < 4.78 is 11.3. The zero-order chi connectivity index (χ0) is 11.7. The van der Waals surface area contributed by atoms with Crippen molar-refractivity contribution in [3.8, 4) is 22.1 Å². The first-order chi connectivity index (χ1) is 8.33. The molecule has 3 rings (SSSR count). The van der Waals surface area contributed by atoms with Gasteiger partial charge in [0.15, 0.2) is 11.5 Å². The molecule has 1 aromatic carbocycles. The van der Waals surface area contributed by atoms with Gasteiger partial charge in [-0.25, -0.2) is 4.98 Å². The summed E-state index contributed by atoms with van der Waals surface area (Å²) in [6.45, 7) is 3.44. The van der Waals surface area contributed by atoms with Crippen molar-refractivity contribution in [1.82, 2.24) is 4.98 Å². The van der Waals surface area contributed by atoms with E-state index in [-0.39, 0.29) is 0 Å². The minimum absolute atomic E-state index is 0.716. The number of rotatable bonds is 1. The molecular formula is C13H13NO2S. The minimum Gasteiger partial charge on any atom is -0.490 e. The first kappa shape index (κ1) is 10.6. The van der Waals surface area contributed by atoms with E-state index in [9.17, 15) is 0 Å². The Balaban J connectivity index is 2.00. The SMILES string of the molecule is Cc1csc(-c2ccc3c(c2)OCCCO3)n1. The Morgan fingerprint density at radius 3 is 2.76 bits per heavy atom. The van der Waals surface area contributed by atoms with Crippen LogP contribution >= 0.6 is 11.3 Å². The molecule has 0 aliphatic carbocycles. The predicted molar refractivity (Wildman–Crippen MR) is 67.9 cm³/mol. The minimum atomic E-state index is 0.716. The molecule has 0 atom stereocenters. The van der Waals surface area contributed by atoms with Gasteiger partial charge in [0.1, 0.15) is 5.01 Å². The highest BCUT2D eigenvalue weighted by atomic mass is 32.1. The molecule has 0 saturated carbocycles. The molecule has 0 N–H and O–H groups in total. The number of hydrogen-bond donors (Lipinski definition) is 0. The van der Waals surface area contributed by atoms with E-state index in [0.29, 0.717) is 6.61 Å². The molecule has 1 aliphatic heterocycles. The van der Waals surface area contributed by atoms with Crippen LogP contribution in [0.5, 0.6) is 11.5 Å². The number of nitrogens with zero attached hydrogens (tertiary/aromatic N) is 1. The fraction of sp³-hybridized carbons (Fsp3) is 0.308. The van der Waals surface area contributed by atoms with Gasteiger partial charge in [-0.05, 0) is 25.1 Å². The molecule has 0 unspecified atom stereocenters. The number of aryl methyl sites for hydroxylation is 1. The molecule has 0 fully saturated rings. The van der Waals surface area contributed by atoms with E-state index in [1.165, 1.54) is 0 Å². The molecule has 1 aromatic heterocycles. The third kappa shape index (κ3) is 2.13. The number of benzene rings is 1. The van der Waals surface area contributed by atoms with E-state index in [1.807, 2.05) is 25.1 Å². The highest BCUT2D eigenvalue weighted by Crippen LogP contribution is 2.35. The largest absolute Gasteiger partial charge is 0.490 e. The Bertz CT molecular complexity index is 536. The van der Waals surface area contributed by atoms with Gasteiger partial charge >= 0.3 is 0 Å². The summed E-state index contributed by atoms with van der Waals surface area (Å²) in [4.78, 5) is 4.48. The van der Waals surface area contributed by atoms with Gasteiger partial charge in [0.05, 0.1) is 13.2 Å². The van der Waals surface area contributed by atoms with Crippen molar-refractivity contribution in [2.45, 2.75) is 13.3 Å². The number of thiazole rings is 1. The molecule has 0 amide bonds. The number of aromatic nitrogens is 1. The van der Waals surface area contributed by atoms with Crippen molar-refractivity contribution in [1.29, 1.82) is 0 Å². The lowest BCUT2D eigenvalue weighted by atomic mass is 10.2. The van der Waals surface area contributed by atoms with Crippen molar-refractivity contribution in [3.63, 3.8) is 0 Å². The monoisotopic (exact) mass is 247 g/mol. The zero-order valence-corrected chi connectivity index (χ0v) is 10.4. The lowest BCUT2D eigenvalue weighted by molar-refractivity contribution is 0.297. The standard InChI is InChI=1S/C13H13NO2S/c1-9-8-17-13(14-9)10-3-4-11-12(7-10)16-6-2-5-15-11/h3-4,7-8H,2,5-6H2,1H3. The average Bonchev–Trinajstić information content (AvgIpc) is 2.64. The summed E-state index contributed by atoms with van der Waals surface area (Å²) in [5.74, 6) is 1.66. The molecule has 88 valence electrons. The molecule has 0 saturated heterocycles. The molecule has 3 nitrogen and oxygen atoms in total. The van der Waals surface area contributed by atoms with Crippen molar-refractivity contribution < 1.29 is 9.47 Å². The Morgan fingerprint density at radius 1 is 1.18 bits per heavy atom. The van der Waals surface area contributed by atoms with Crippen LogP contribution in [0.1, 0.15) is 12.1 Å². The Labute approximate surface area is 104 Å². The van der Waals surface area contributed by atoms with E-state index in [4.69, 9.17) is 9.47 Å². The van der Waals surface area contributed by atoms with Crippen LogP contribution in [-0.2, 0) is 0 Å². The number of hydrogen-bond acceptors (Lipinski definition) is 4. The van der Waals surface area contributed by atoms with Crippen LogP contribution in [0.15, 0.2) is 23.6 Å². The lowest BCUT2D eigenvalue weighted by Gasteiger charge is -2.07. The summed E-state index contributed by atoms with van der Waals surface area (Å²) in [5.41, 5.74) is 2.14. The maximum atomic E-state index is 5.67. The molecule has 2 aromatic rings. The van der Waals surface area contributed by atoms with Gasteiger partial charge < -0.3 is 9.47 Å². The van der Waals surface area contributed by atoms with Gasteiger partial charge in [0.2, 0.25) is 0 Å². The van der Waals surface area contributed by atoms with Crippen LogP contribution in [-0.4, -0.2) is 18.2 Å². The van der Waals surface area contributed by atoms with Crippen LogP contribution in [0, 0.1) is 6.92 Å². The fourth-order valence-electron chi connectivity index (χ4n) is 1.78. The Morgan fingerprint density at radius 2 is 2.00 bits per heavy atom. The van der Waals surface area contributed by atoms with Crippen LogP contribution in [0.3, 0.4) is 0 Å². The van der Waals surface area contributed by atoms with Gasteiger partial charge in [0.25, 0.3) is 0 Å². The molecule has 1 aliphatic rings. The van der Waals surface area contributed by atoms with Gasteiger partial charge in [-0.2, -0.15) is 0 Å².